The predicted molar refractivity (Wildman–Crippen MR) is 74.4 cm³/mol. The largest absolute Gasteiger partial charge is 0.378 e. The van der Waals surface area contributed by atoms with Crippen molar-refractivity contribution in [2.24, 2.45) is 5.73 Å². The van der Waals surface area contributed by atoms with Crippen molar-refractivity contribution >= 4 is 17.5 Å². The van der Waals surface area contributed by atoms with Gasteiger partial charge >= 0.3 is 0 Å². The first-order valence-electron chi connectivity index (χ1n) is 6.65. The molecule has 0 bridgehead atoms. The molecule has 6 heteroatoms. The molecule has 1 fully saturated rings. The first-order valence-corrected chi connectivity index (χ1v) is 7.03. The summed E-state index contributed by atoms with van der Waals surface area (Å²) in [5.41, 5.74) is 5.97. The van der Waals surface area contributed by atoms with E-state index in [2.05, 4.69) is 4.98 Å². The lowest BCUT2D eigenvalue weighted by Gasteiger charge is -2.31. The van der Waals surface area contributed by atoms with Gasteiger partial charge in [-0.05, 0) is 31.9 Å². The molecule has 5 nitrogen and oxygen atoms in total. The van der Waals surface area contributed by atoms with Crippen molar-refractivity contribution in [1.82, 2.24) is 9.88 Å². The second-order valence-electron chi connectivity index (χ2n) is 4.74. The van der Waals surface area contributed by atoms with Crippen LogP contribution in [0.1, 0.15) is 29.8 Å². The third kappa shape index (κ3) is 3.96. The Kier molecular flexibility index (Phi) is 5.24. The van der Waals surface area contributed by atoms with Crippen LogP contribution < -0.4 is 5.73 Å². The van der Waals surface area contributed by atoms with E-state index in [0.717, 1.165) is 32.4 Å². The summed E-state index contributed by atoms with van der Waals surface area (Å²) in [5.74, 6) is 0.00677. The first kappa shape index (κ1) is 14.4. The van der Waals surface area contributed by atoms with Gasteiger partial charge in [-0.2, -0.15) is 0 Å². The molecule has 1 aromatic heterocycles. The van der Waals surface area contributed by atoms with E-state index in [0.29, 0.717) is 23.9 Å². The van der Waals surface area contributed by atoms with Crippen LogP contribution in [0.15, 0.2) is 12.3 Å². The van der Waals surface area contributed by atoms with Crippen LogP contribution in [0, 0.1) is 0 Å². The molecule has 1 aliphatic heterocycles. The van der Waals surface area contributed by atoms with Crippen molar-refractivity contribution in [3.05, 3.63) is 23.0 Å². The Labute approximate surface area is 118 Å². The van der Waals surface area contributed by atoms with E-state index < -0.39 is 0 Å². The number of carbonyl (C=O) groups is 1. The quantitative estimate of drug-likeness (QED) is 0.808. The zero-order valence-electron chi connectivity index (χ0n) is 10.9. The van der Waals surface area contributed by atoms with Gasteiger partial charge in [-0.1, -0.05) is 11.6 Å². The minimum atomic E-state index is 0.00677. The zero-order valence-corrected chi connectivity index (χ0v) is 11.7. The van der Waals surface area contributed by atoms with Gasteiger partial charge in [0.1, 0.15) is 5.69 Å². The molecule has 0 radical (unpaired) electrons. The van der Waals surface area contributed by atoms with E-state index in [1.54, 1.807) is 12.3 Å². The van der Waals surface area contributed by atoms with Crippen LogP contribution in [0.25, 0.3) is 0 Å². The number of piperidine rings is 1. The second-order valence-corrected chi connectivity index (χ2v) is 5.17. The SMILES string of the molecule is NCCCOC1CCN(C(=O)c2cc(Cl)c[nH]2)CC1. The maximum absolute atomic E-state index is 12.2. The van der Waals surface area contributed by atoms with Crippen LogP contribution in [-0.2, 0) is 4.74 Å². The van der Waals surface area contributed by atoms with Gasteiger partial charge in [0.2, 0.25) is 0 Å². The summed E-state index contributed by atoms with van der Waals surface area (Å²) < 4.78 is 5.71. The number of halogens is 1. The standard InChI is InChI=1S/C13H20ClN3O2/c14-10-8-12(16-9-10)13(18)17-5-2-11(3-6-17)19-7-1-4-15/h8-9,11,16H,1-7,15H2. The number of ether oxygens (including phenoxy) is 1. The summed E-state index contributed by atoms with van der Waals surface area (Å²) in [6, 6.07) is 1.66. The average Bonchev–Trinajstić information content (AvgIpc) is 2.86. The number of rotatable bonds is 5. The summed E-state index contributed by atoms with van der Waals surface area (Å²) in [6.07, 6.45) is 4.52. The Morgan fingerprint density at radius 3 is 2.84 bits per heavy atom. The fraction of sp³-hybridized carbons (Fsp3) is 0.615. The van der Waals surface area contributed by atoms with E-state index in [9.17, 15) is 4.79 Å². The van der Waals surface area contributed by atoms with Crippen molar-refractivity contribution in [1.29, 1.82) is 0 Å². The number of hydrogen-bond donors (Lipinski definition) is 2. The normalized spacial score (nSPS) is 16.8. The maximum atomic E-state index is 12.2. The Balaban J connectivity index is 1.78. The van der Waals surface area contributed by atoms with Gasteiger partial charge in [-0.25, -0.2) is 0 Å². The van der Waals surface area contributed by atoms with Crippen molar-refractivity contribution in [3.8, 4) is 0 Å². The zero-order chi connectivity index (χ0) is 13.7. The van der Waals surface area contributed by atoms with Crippen LogP contribution in [-0.4, -0.2) is 48.1 Å². The van der Waals surface area contributed by atoms with Gasteiger partial charge in [0.05, 0.1) is 11.1 Å². The molecule has 3 N–H and O–H groups in total. The number of likely N-dealkylation sites (tertiary alicyclic amines) is 1. The molecule has 1 aromatic rings. The van der Waals surface area contributed by atoms with Gasteiger partial charge in [0, 0.05) is 25.9 Å². The Morgan fingerprint density at radius 1 is 1.53 bits per heavy atom. The minimum absolute atomic E-state index is 0.00677. The lowest BCUT2D eigenvalue weighted by Crippen LogP contribution is -2.41. The third-order valence-electron chi connectivity index (χ3n) is 3.31. The third-order valence-corrected chi connectivity index (χ3v) is 3.53. The molecule has 1 aliphatic rings. The molecule has 2 rings (SSSR count). The number of H-pyrrole nitrogens is 1. The number of nitrogens with one attached hydrogen (secondary N) is 1. The van der Waals surface area contributed by atoms with Crippen molar-refractivity contribution in [3.63, 3.8) is 0 Å². The van der Waals surface area contributed by atoms with E-state index in [4.69, 9.17) is 22.1 Å². The molecule has 0 aliphatic carbocycles. The number of aromatic amines is 1. The lowest BCUT2D eigenvalue weighted by molar-refractivity contribution is 0.00831. The number of nitrogens with zero attached hydrogens (tertiary/aromatic N) is 1. The number of hydrogen-bond acceptors (Lipinski definition) is 3. The van der Waals surface area contributed by atoms with Crippen LogP contribution in [0.2, 0.25) is 5.02 Å². The van der Waals surface area contributed by atoms with E-state index in [1.807, 2.05) is 4.90 Å². The number of amides is 1. The molecule has 1 amide bonds. The number of carbonyl (C=O) groups excluding carboxylic acids is 1. The van der Waals surface area contributed by atoms with Gasteiger partial charge in [0.25, 0.3) is 5.91 Å². The monoisotopic (exact) mass is 285 g/mol. The molecule has 0 atom stereocenters. The maximum Gasteiger partial charge on any atom is 0.270 e. The Morgan fingerprint density at radius 2 is 2.26 bits per heavy atom. The summed E-state index contributed by atoms with van der Waals surface area (Å²) in [4.78, 5) is 16.9. The smallest absolute Gasteiger partial charge is 0.270 e. The first-order chi connectivity index (χ1) is 9.20. The fourth-order valence-electron chi connectivity index (χ4n) is 2.22. The molecule has 0 spiro atoms. The average molecular weight is 286 g/mol. The molecule has 106 valence electrons. The van der Waals surface area contributed by atoms with Crippen LogP contribution in [0.3, 0.4) is 0 Å². The fourth-order valence-corrected chi connectivity index (χ4v) is 2.38. The Hall–Kier alpha value is -1.04. The van der Waals surface area contributed by atoms with Gasteiger partial charge < -0.3 is 20.4 Å². The van der Waals surface area contributed by atoms with E-state index in [-0.39, 0.29) is 12.0 Å². The van der Waals surface area contributed by atoms with Crippen molar-refractivity contribution in [2.75, 3.05) is 26.2 Å². The van der Waals surface area contributed by atoms with E-state index >= 15 is 0 Å². The predicted octanol–water partition coefficient (Wildman–Crippen LogP) is 1.64. The molecule has 2 heterocycles. The molecule has 19 heavy (non-hydrogen) atoms. The highest BCUT2D eigenvalue weighted by Gasteiger charge is 2.24. The summed E-state index contributed by atoms with van der Waals surface area (Å²) in [5, 5.41) is 0.559. The highest BCUT2D eigenvalue weighted by molar-refractivity contribution is 6.30. The molecular weight excluding hydrogens is 266 g/mol. The molecule has 1 saturated heterocycles. The minimum Gasteiger partial charge on any atom is -0.378 e. The topological polar surface area (TPSA) is 71.3 Å². The van der Waals surface area contributed by atoms with Gasteiger partial charge in [-0.15, -0.1) is 0 Å². The summed E-state index contributed by atoms with van der Waals surface area (Å²) >= 11 is 5.81. The molecular formula is C13H20ClN3O2. The summed E-state index contributed by atoms with van der Waals surface area (Å²) in [6.45, 7) is 2.82. The molecule has 0 aromatic carbocycles. The van der Waals surface area contributed by atoms with Crippen molar-refractivity contribution < 1.29 is 9.53 Å². The van der Waals surface area contributed by atoms with Crippen molar-refractivity contribution in [2.45, 2.75) is 25.4 Å². The van der Waals surface area contributed by atoms with Gasteiger partial charge in [0.15, 0.2) is 0 Å². The molecule has 0 unspecified atom stereocenters. The van der Waals surface area contributed by atoms with Crippen LogP contribution >= 0.6 is 11.6 Å². The second kappa shape index (κ2) is 6.93. The van der Waals surface area contributed by atoms with Crippen LogP contribution in [0.4, 0.5) is 0 Å². The van der Waals surface area contributed by atoms with Gasteiger partial charge in [-0.3, -0.25) is 4.79 Å². The highest BCUT2D eigenvalue weighted by atomic mass is 35.5. The van der Waals surface area contributed by atoms with E-state index in [1.165, 1.54) is 0 Å². The Bertz CT molecular complexity index is 414. The lowest BCUT2D eigenvalue weighted by atomic mass is 10.1. The molecule has 0 saturated carbocycles. The van der Waals surface area contributed by atoms with Crippen LogP contribution in [0.5, 0.6) is 0 Å². The number of aromatic nitrogens is 1. The highest BCUT2D eigenvalue weighted by Crippen LogP contribution is 2.17. The number of nitrogens with two attached hydrogens (primary N) is 1. The summed E-state index contributed by atoms with van der Waals surface area (Å²) in [7, 11) is 0.